The summed E-state index contributed by atoms with van der Waals surface area (Å²) in [6.45, 7) is -0.846. The minimum absolute atomic E-state index is 0.307. The third-order valence-electron chi connectivity index (χ3n) is 3.92. The SMILES string of the molecule is COc1ccc(-c2cc(=O)oc3cc(OCC(=O)NCC(=O)O)ccc23)cc1. The Bertz CT molecular complexity index is 1070. The van der Waals surface area contributed by atoms with Gasteiger partial charge in [0.25, 0.3) is 5.91 Å². The minimum Gasteiger partial charge on any atom is -0.497 e. The van der Waals surface area contributed by atoms with Gasteiger partial charge in [0.1, 0.15) is 23.6 Å². The maximum absolute atomic E-state index is 12.0. The van der Waals surface area contributed by atoms with Crippen LogP contribution in [-0.4, -0.2) is 37.2 Å². The van der Waals surface area contributed by atoms with Crippen molar-refractivity contribution in [3.05, 3.63) is 59.0 Å². The van der Waals surface area contributed by atoms with Crippen molar-refractivity contribution in [2.75, 3.05) is 20.3 Å². The Balaban J connectivity index is 1.85. The highest BCUT2D eigenvalue weighted by Crippen LogP contribution is 2.30. The summed E-state index contributed by atoms with van der Waals surface area (Å²) >= 11 is 0. The molecular weight excluding hydrogens is 366 g/mol. The summed E-state index contributed by atoms with van der Waals surface area (Å²) in [4.78, 5) is 34.0. The zero-order chi connectivity index (χ0) is 20.1. The Hall–Kier alpha value is -3.81. The number of ether oxygens (including phenoxy) is 2. The van der Waals surface area contributed by atoms with E-state index in [1.807, 2.05) is 12.1 Å². The van der Waals surface area contributed by atoms with Crippen molar-refractivity contribution in [2.24, 2.45) is 0 Å². The van der Waals surface area contributed by atoms with Crippen molar-refractivity contribution in [2.45, 2.75) is 0 Å². The first kappa shape index (κ1) is 19.0. The molecule has 2 N–H and O–H groups in total. The maximum atomic E-state index is 12.0. The molecular formula is C20H17NO7. The highest BCUT2D eigenvalue weighted by Gasteiger charge is 2.11. The molecule has 1 amide bonds. The van der Waals surface area contributed by atoms with Crippen LogP contribution in [0.15, 0.2) is 57.7 Å². The number of benzene rings is 2. The Morgan fingerprint density at radius 3 is 2.46 bits per heavy atom. The van der Waals surface area contributed by atoms with Gasteiger partial charge in [-0.1, -0.05) is 12.1 Å². The zero-order valence-corrected chi connectivity index (χ0v) is 14.9. The molecule has 8 heteroatoms. The van der Waals surface area contributed by atoms with Crippen LogP contribution in [0.25, 0.3) is 22.1 Å². The summed E-state index contributed by atoms with van der Waals surface area (Å²) < 4.78 is 15.7. The molecule has 8 nitrogen and oxygen atoms in total. The quantitative estimate of drug-likeness (QED) is 0.600. The molecule has 0 saturated carbocycles. The first-order valence-electron chi connectivity index (χ1n) is 8.30. The molecule has 0 aliphatic heterocycles. The molecule has 28 heavy (non-hydrogen) atoms. The average molecular weight is 383 g/mol. The van der Waals surface area contributed by atoms with Crippen molar-refractivity contribution in [3.8, 4) is 22.6 Å². The number of fused-ring (bicyclic) bond motifs is 1. The van der Waals surface area contributed by atoms with Crippen molar-refractivity contribution in [1.82, 2.24) is 5.32 Å². The maximum Gasteiger partial charge on any atom is 0.336 e. The smallest absolute Gasteiger partial charge is 0.336 e. The van der Waals surface area contributed by atoms with Crippen molar-refractivity contribution < 1.29 is 28.6 Å². The molecule has 0 bridgehead atoms. The van der Waals surface area contributed by atoms with E-state index in [1.54, 1.807) is 31.4 Å². The van der Waals surface area contributed by atoms with Crippen LogP contribution in [0.5, 0.6) is 11.5 Å². The third-order valence-corrected chi connectivity index (χ3v) is 3.92. The molecule has 0 aliphatic carbocycles. The van der Waals surface area contributed by atoms with Crippen LogP contribution < -0.4 is 20.4 Å². The Labute approximate surface area is 159 Å². The van der Waals surface area contributed by atoms with Gasteiger partial charge in [-0.2, -0.15) is 0 Å². The summed E-state index contributed by atoms with van der Waals surface area (Å²) in [7, 11) is 1.57. The van der Waals surface area contributed by atoms with E-state index in [1.165, 1.54) is 12.1 Å². The molecule has 1 aromatic heterocycles. The van der Waals surface area contributed by atoms with Crippen LogP contribution in [0, 0.1) is 0 Å². The van der Waals surface area contributed by atoms with Crippen molar-refractivity contribution >= 4 is 22.8 Å². The van der Waals surface area contributed by atoms with Gasteiger partial charge in [0.15, 0.2) is 6.61 Å². The number of carbonyl (C=O) groups is 2. The molecule has 1 heterocycles. The molecule has 0 unspecified atom stereocenters. The van der Waals surface area contributed by atoms with Gasteiger partial charge < -0.3 is 24.3 Å². The average Bonchev–Trinajstić information content (AvgIpc) is 2.69. The van der Waals surface area contributed by atoms with Crippen LogP contribution in [-0.2, 0) is 9.59 Å². The summed E-state index contributed by atoms with van der Waals surface area (Å²) in [6, 6.07) is 13.5. The predicted molar refractivity (Wildman–Crippen MR) is 101 cm³/mol. The number of hydrogen-bond donors (Lipinski definition) is 2. The fraction of sp³-hybridized carbons (Fsp3) is 0.150. The molecule has 0 aliphatic rings. The molecule has 0 saturated heterocycles. The van der Waals surface area contributed by atoms with Crippen LogP contribution in [0.2, 0.25) is 0 Å². The lowest BCUT2D eigenvalue weighted by atomic mass is 10.0. The number of aliphatic carboxylic acids is 1. The summed E-state index contributed by atoms with van der Waals surface area (Å²) in [6.07, 6.45) is 0. The molecule has 3 rings (SSSR count). The zero-order valence-electron chi connectivity index (χ0n) is 14.9. The number of amides is 1. The topological polar surface area (TPSA) is 115 Å². The first-order valence-corrected chi connectivity index (χ1v) is 8.30. The normalized spacial score (nSPS) is 10.5. The van der Waals surface area contributed by atoms with Crippen LogP contribution in [0.4, 0.5) is 0 Å². The van der Waals surface area contributed by atoms with Crippen LogP contribution >= 0.6 is 0 Å². The number of hydrogen-bond acceptors (Lipinski definition) is 6. The van der Waals surface area contributed by atoms with Crippen molar-refractivity contribution in [3.63, 3.8) is 0 Å². The standard InChI is InChI=1S/C20H17NO7/c1-26-13-4-2-12(3-5-13)16-9-20(25)28-17-8-14(6-7-15(16)17)27-11-18(22)21-10-19(23)24/h2-9H,10-11H2,1H3,(H,21,22)(H,23,24). The Morgan fingerprint density at radius 2 is 1.79 bits per heavy atom. The van der Waals surface area contributed by atoms with Crippen LogP contribution in [0.3, 0.4) is 0 Å². The second kappa shape index (κ2) is 8.26. The number of nitrogens with one attached hydrogen (secondary N) is 1. The second-order valence-corrected chi connectivity index (χ2v) is 5.82. The lowest BCUT2D eigenvalue weighted by molar-refractivity contribution is -0.138. The van der Waals surface area contributed by atoms with E-state index >= 15 is 0 Å². The molecule has 3 aromatic rings. The molecule has 0 atom stereocenters. The lowest BCUT2D eigenvalue weighted by Gasteiger charge is -2.09. The van der Waals surface area contributed by atoms with Crippen molar-refractivity contribution in [1.29, 1.82) is 0 Å². The summed E-state index contributed by atoms with van der Waals surface area (Å²) in [5, 5.41) is 11.4. The Kier molecular flexibility index (Phi) is 5.59. The fourth-order valence-corrected chi connectivity index (χ4v) is 2.62. The van der Waals surface area contributed by atoms with Gasteiger partial charge in [-0.05, 0) is 35.4 Å². The van der Waals surface area contributed by atoms with Gasteiger partial charge in [-0.3, -0.25) is 9.59 Å². The number of carboxylic acid groups (broad SMARTS) is 1. The van der Waals surface area contributed by atoms with Gasteiger partial charge >= 0.3 is 11.6 Å². The number of carbonyl (C=O) groups excluding carboxylic acids is 1. The molecule has 0 fully saturated rings. The third kappa shape index (κ3) is 4.47. The predicted octanol–water partition coefficient (Wildman–Crippen LogP) is 2.05. The summed E-state index contributed by atoms with van der Waals surface area (Å²) in [5.41, 5.74) is 1.30. The number of methoxy groups -OCH3 is 1. The van der Waals surface area contributed by atoms with E-state index in [2.05, 4.69) is 5.32 Å². The Morgan fingerprint density at radius 1 is 1.07 bits per heavy atom. The van der Waals surface area contributed by atoms with E-state index < -0.39 is 24.0 Å². The number of carboxylic acids is 1. The van der Waals surface area contributed by atoms with E-state index in [4.69, 9.17) is 19.0 Å². The monoisotopic (exact) mass is 383 g/mol. The summed E-state index contributed by atoms with van der Waals surface area (Å²) in [5.74, 6) is -0.705. The molecule has 2 aromatic carbocycles. The number of rotatable bonds is 7. The molecule has 144 valence electrons. The van der Waals surface area contributed by atoms with Crippen LogP contribution in [0.1, 0.15) is 0 Å². The molecule has 0 spiro atoms. The van der Waals surface area contributed by atoms with Gasteiger partial charge in [0, 0.05) is 17.5 Å². The lowest BCUT2D eigenvalue weighted by Crippen LogP contribution is -2.33. The van der Waals surface area contributed by atoms with Gasteiger partial charge in [0.05, 0.1) is 7.11 Å². The highest BCUT2D eigenvalue weighted by molar-refractivity contribution is 5.94. The van der Waals surface area contributed by atoms with E-state index in [0.29, 0.717) is 28.0 Å². The van der Waals surface area contributed by atoms with E-state index in [-0.39, 0.29) is 6.61 Å². The van der Waals surface area contributed by atoms with Gasteiger partial charge in [-0.15, -0.1) is 0 Å². The van der Waals surface area contributed by atoms with E-state index in [9.17, 15) is 14.4 Å². The molecule has 0 radical (unpaired) electrons. The van der Waals surface area contributed by atoms with E-state index in [0.717, 1.165) is 5.56 Å². The van der Waals surface area contributed by atoms with Gasteiger partial charge in [-0.25, -0.2) is 4.79 Å². The second-order valence-electron chi connectivity index (χ2n) is 5.82. The highest BCUT2D eigenvalue weighted by atomic mass is 16.5. The largest absolute Gasteiger partial charge is 0.497 e. The minimum atomic E-state index is -1.15. The fourth-order valence-electron chi connectivity index (χ4n) is 2.62. The van der Waals surface area contributed by atoms with Gasteiger partial charge in [0.2, 0.25) is 0 Å². The first-order chi connectivity index (χ1) is 13.5.